The number of pyridine rings is 1. The lowest BCUT2D eigenvalue weighted by atomic mass is 10.0. The van der Waals surface area contributed by atoms with Gasteiger partial charge in [0.1, 0.15) is 5.75 Å². The van der Waals surface area contributed by atoms with Crippen LogP contribution in [-0.4, -0.2) is 10.1 Å². The third kappa shape index (κ3) is 4.07. The molecule has 0 atom stereocenters. The van der Waals surface area contributed by atoms with E-state index in [2.05, 4.69) is 48.4 Å². The summed E-state index contributed by atoms with van der Waals surface area (Å²) in [5, 5.41) is 12.5. The molecule has 0 aliphatic rings. The Bertz CT molecular complexity index is 503. The van der Waals surface area contributed by atoms with Gasteiger partial charge in [0.2, 0.25) is 0 Å². The van der Waals surface area contributed by atoms with Gasteiger partial charge in [-0.05, 0) is 29.2 Å². The van der Waals surface area contributed by atoms with Crippen molar-refractivity contribution in [2.45, 2.75) is 32.9 Å². The third-order valence-corrected chi connectivity index (χ3v) is 3.09. The van der Waals surface area contributed by atoms with Crippen LogP contribution in [0.4, 0.5) is 0 Å². The van der Waals surface area contributed by atoms with Gasteiger partial charge in [0.15, 0.2) is 0 Å². The lowest BCUT2D eigenvalue weighted by Gasteiger charge is -2.08. The van der Waals surface area contributed by atoms with Gasteiger partial charge in [-0.15, -0.1) is 0 Å². The molecule has 2 N–H and O–H groups in total. The summed E-state index contributed by atoms with van der Waals surface area (Å²) in [6, 6.07) is 12.2. The first-order valence-corrected chi connectivity index (χ1v) is 6.58. The van der Waals surface area contributed by atoms with E-state index in [1.54, 1.807) is 6.07 Å². The van der Waals surface area contributed by atoms with E-state index >= 15 is 0 Å². The second-order valence-corrected chi connectivity index (χ2v) is 5.01. The van der Waals surface area contributed by atoms with Crippen molar-refractivity contribution < 1.29 is 5.11 Å². The van der Waals surface area contributed by atoms with E-state index in [0.29, 0.717) is 12.5 Å². The maximum atomic E-state index is 9.15. The first-order valence-electron chi connectivity index (χ1n) is 6.58. The van der Waals surface area contributed by atoms with Crippen LogP contribution in [0.5, 0.6) is 5.75 Å². The molecule has 0 fully saturated rings. The molecular formula is C16H20N2O. The monoisotopic (exact) mass is 256 g/mol. The van der Waals surface area contributed by atoms with Crippen LogP contribution >= 0.6 is 0 Å². The lowest BCUT2D eigenvalue weighted by Crippen LogP contribution is -2.13. The third-order valence-electron chi connectivity index (χ3n) is 3.09. The van der Waals surface area contributed by atoms with Crippen LogP contribution < -0.4 is 5.32 Å². The highest BCUT2D eigenvalue weighted by Gasteiger charge is 1.99. The van der Waals surface area contributed by atoms with Gasteiger partial charge in [0.05, 0.1) is 11.9 Å². The molecule has 0 bridgehead atoms. The van der Waals surface area contributed by atoms with Gasteiger partial charge < -0.3 is 10.4 Å². The highest BCUT2D eigenvalue weighted by molar-refractivity contribution is 5.24. The van der Waals surface area contributed by atoms with Crippen LogP contribution in [0.25, 0.3) is 0 Å². The van der Waals surface area contributed by atoms with Crippen molar-refractivity contribution in [1.82, 2.24) is 10.3 Å². The predicted molar refractivity (Wildman–Crippen MR) is 77.0 cm³/mol. The molecule has 2 rings (SSSR count). The number of aromatic hydroxyl groups is 1. The van der Waals surface area contributed by atoms with Gasteiger partial charge in [-0.1, -0.05) is 38.1 Å². The smallest absolute Gasteiger partial charge is 0.133 e. The Kier molecular flexibility index (Phi) is 4.53. The minimum Gasteiger partial charge on any atom is -0.506 e. The minimum atomic E-state index is 0.202. The molecule has 0 aliphatic heterocycles. The zero-order valence-corrected chi connectivity index (χ0v) is 11.4. The second-order valence-electron chi connectivity index (χ2n) is 5.01. The van der Waals surface area contributed by atoms with Crippen molar-refractivity contribution in [3.8, 4) is 5.75 Å². The first-order chi connectivity index (χ1) is 9.15. The van der Waals surface area contributed by atoms with Crippen molar-refractivity contribution in [2.75, 3.05) is 0 Å². The van der Waals surface area contributed by atoms with E-state index in [1.807, 2.05) is 6.07 Å². The highest BCUT2D eigenvalue weighted by atomic mass is 16.3. The summed E-state index contributed by atoms with van der Waals surface area (Å²) in [4.78, 5) is 4.13. The van der Waals surface area contributed by atoms with Crippen molar-refractivity contribution >= 4 is 0 Å². The average Bonchev–Trinajstić information content (AvgIpc) is 2.41. The van der Waals surface area contributed by atoms with Crippen molar-refractivity contribution in [2.24, 2.45) is 0 Å². The van der Waals surface area contributed by atoms with Gasteiger partial charge in [-0.2, -0.15) is 0 Å². The Hall–Kier alpha value is -1.87. The number of aromatic nitrogens is 1. The quantitative estimate of drug-likeness (QED) is 0.863. The van der Waals surface area contributed by atoms with Gasteiger partial charge in [-0.25, -0.2) is 0 Å². The molecule has 1 aromatic heterocycles. The van der Waals surface area contributed by atoms with Crippen molar-refractivity contribution in [1.29, 1.82) is 0 Å². The predicted octanol–water partition coefficient (Wildman–Crippen LogP) is 3.20. The largest absolute Gasteiger partial charge is 0.506 e. The van der Waals surface area contributed by atoms with Crippen LogP contribution in [0.1, 0.15) is 36.6 Å². The van der Waals surface area contributed by atoms with Crippen LogP contribution in [0, 0.1) is 0 Å². The van der Waals surface area contributed by atoms with E-state index < -0.39 is 0 Å². The lowest BCUT2D eigenvalue weighted by molar-refractivity contribution is 0.471. The molecule has 3 heteroatoms. The van der Waals surface area contributed by atoms with Crippen LogP contribution in [0.2, 0.25) is 0 Å². The maximum absolute atomic E-state index is 9.15. The molecule has 0 unspecified atom stereocenters. The fourth-order valence-electron chi connectivity index (χ4n) is 1.88. The summed E-state index contributed by atoms with van der Waals surface area (Å²) < 4.78 is 0. The Balaban J connectivity index is 1.83. The topological polar surface area (TPSA) is 45.1 Å². The minimum absolute atomic E-state index is 0.202. The molecule has 1 aromatic carbocycles. The molecule has 3 nitrogen and oxygen atoms in total. The van der Waals surface area contributed by atoms with Crippen LogP contribution in [0.15, 0.2) is 42.6 Å². The summed E-state index contributed by atoms with van der Waals surface area (Å²) in [5.41, 5.74) is 3.56. The molecule has 1 heterocycles. The van der Waals surface area contributed by atoms with Gasteiger partial charge in [0.25, 0.3) is 0 Å². The van der Waals surface area contributed by atoms with Crippen molar-refractivity contribution in [3.05, 3.63) is 59.4 Å². The number of rotatable bonds is 5. The van der Waals surface area contributed by atoms with E-state index in [4.69, 9.17) is 5.11 Å². The summed E-state index contributed by atoms with van der Waals surface area (Å²) in [6.45, 7) is 5.92. The summed E-state index contributed by atoms with van der Waals surface area (Å²) in [6.07, 6.45) is 1.47. The summed E-state index contributed by atoms with van der Waals surface area (Å²) >= 11 is 0. The first kappa shape index (κ1) is 13.6. The zero-order valence-electron chi connectivity index (χ0n) is 11.4. The number of nitrogens with one attached hydrogen (secondary N) is 1. The molecule has 0 amide bonds. The molecular weight excluding hydrogens is 236 g/mol. The van der Waals surface area contributed by atoms with E-state index in [0.717, 1.165) is 12.2 Å². The molecule has 0 spiro atoms. The van der Waals surface area contributed by atoms with E-state index in [1.165, 1.54) is 17.3 Å². The van der Waals surface area contributed by atoms with Gasteiger partial charge in [-0.3, -0.25) is 4.98 Å². The summed E-state index contributed by atoms with van der Waals surface area (Å²) in [7, 11) is 0. The molecule has 0 aliphatic carbocycles. The fourth-order valence-corrected chi connectivity index (χ4v) is 1.88. The average molecular weight is 256 g/mol. The maximum Gasteiger partial charge on any atom is 0.133 e. The Morgan fingerprint density at radius 1 is 1.05 bits per heavy atom. The summed E-state index contributed by atoms with van der Waals surface area (Å²) in [5.74, 6) is 0.774. The number of nitrogens with zero attached hydrogens (tertiary/aromatic N) is 1. The number of benzene rings is 1. The van der Waals surface area contributed by atoms with E-state index in [-0.39, 0.29) is 5.75 Å². The molecule has 19 heavy (non-hydrogen) atoms. The van der Waals surface area contributed by atoms with Crippen LogP contribution in [-0.2, 0) is 13.1 Å². The highest BCUT2D eigenvalue weighted by Crippen LogP contribution is 2.14. The number of hydrogen-bond acceptors (Lipinski definition) is 3. The zero-order chi connectivity index (χ0) is 13.7. The second kappa shape index (κ2) is 6.34. The molecule has 0 saturated heterocycles. The molecule has 0 radical (unpaired) electrons. The Labute approximate surface area is 114 Å². The van der Waals surface area contributed by atoms with Gasteiger partial charge in [0, 0.05) is 13.1 Å². The number of hydrogen-bond donors (Lipinski definition) is 2. The van der Waals surface area contributed by atoms with Crippen LogP contribution in [0.3, 0.4) is 0 Å². The van der Waals surface area contributed by atoms with E-state index in [9.17, 15) is 0 Å². The molecule has 0 saturated carbocycles. The van der Waals surface area contributed by atoms with Gasteiger partial charge >= 0.3 is 0 Å². The molecule has 100 valence electrons. The normalized spacial score (nSPS) is 10.9. The Morgan fingerprint density at radius 2 is 1.79 bits per heavy atom. The SMILES string of the molecule is CC(C)c1ccc(CNCc2ccc(O)cn2)cc1. The fraction of sp³-hybridized carbons (Fsp3) is 0.312. The Morgan fingerprint density at radius 3 is 2.37 bits per heavy atom. The van der Waals surface area contributed by atoms with Crippen molar-refractivity contribution in [3.63, 3.8) is 0 Å². The molecule has 2 aromatic rings. The standard InChI is InChI=1S/C16H20N2O/c1-12(2)14-5-3-13(4-6-14)9-17-10-15-7-8-16(19)11-18-15/h3-8,11-12,17,19H,9-10H2,1-2H3.